The van der Waals surface area contributed by atoms with Crippen LogP contribution in [0.3, 0.4) is 0 Å². The maximum absolute atomic E-state index is 13.7. The molecule has 2 aromatic carbocycles. The van der Waals surface area contributed by atoms with E-state index in [9.17, 15) is 13.6 Å². The van der Waals surface area contributed by atoms with E-state index in [4.69, 9.17) is 4.74 Å². The van der Waals surface area contributed by atoms with Gasteiger partial charge in [-0.25, -0.2) is 8.78 Å². The number of nitrogens with zero attached hydrogens (tertiary/aromatic N) is 3. The second-order valence-electron chi connectivity index (χ2n) is 7.22. The lowest BCUT2D eigenvalue weighted by atomic mass is 10.2. The average Bonchev–Trinajstić information content (AvgIpc) is 3.43. The van der Waals surface area contributed by atoms with Gasteiger partial charge in [-0.15, -0.1) is 10.2 Å². The molecule has 1 aliphatic rings. The van der Waals surface area contributed by atoms with Gasteiger partial charge in [-0.2, -0.15) is 0 Å². The summed E-state index contributed by atoms with van der Waals surface area (Å²) in [5.41, 5.74) is 1.17. The maximum Gasteiger partial charge on any atom is 0.230 e. The van der Waals surface area contributed by atoms with E-state index in [0.29, 0.717) is 23.1 Å². The molecule has 0 spiro atoms. The third-order valence-electron chi connectivity index (χ3n) is 5.00. The molecule has 9 heteroatoms. The molecule has 4 rings (SSSR count). The molecule has 3 aromatic rings. The predicted octanol–water partition coefficient (Wildman–Crippen LogP) is 3.81. The fourth-order valence-corrected chi connectivity index (χ4v) is 4.16. The van der Waals surface area contributed by atoms with Gasteiger partial charge in [0, 0.05) is 24.3 Å². The number of nitrogens with one attached hydrogen (secondary N) is 1. The number of aromatic nitrogens is 3. The molecule has 1 N–H and O–H groups in total. The van der Waals surface area contributed by atoms with Crippen LogP contribution in [0.25, 0.3) is 11.4 Å². The molecule has 1 aliphatic heterocycles. The van der Waals surface area contributed by atoms with Gasteiger partial charge >= 0.3 is 0 Å². The Hall–Kier alpha value is -2.78. The number of ether oxygens (including phenoxy) is 1. The molecule has 162 valence electrons. The summed E-state index contributed by atoms with van der Waals surface area (Å²) in [5, 5.41) is 11.8. The minimum absolute atomic E-state index is 0.0458. The molecular weight excluding hydrogens is 422 g/mol. The molecule has 1 unspecified atom stereocenters. The summed E-state index contributed by atoms with van der Waals surface area (Å²) < 4.78 is 34.7. The van der Waals surface area contributed by atoms with Gasteiger partial charge in [0.2, 0.25) is 5.91 Å². The molecule has 1 aromatic heterocycles. The lowest BCUT2D eigenvalue weighted by Gasteiger charge is -2.14. The van der Waals surface area contributed by atoms with E-state index < -0.39 is 0 Å². The Balaban J connectivity index is 1.44. The summed E-state index contributed by atoms with van der Waals surface area (Å²) in [4.78, 5) is 12.3. The van der Waals surface area contributed by atoms with Crippen molar-refractivity contribution in [1.82, 2.24) is 20.1 Å². The van der Waals surface area contributed by atoms with Gasteiger partial charge in [0.15, 0.2) is 11.0 Å². The van der Waals surface area contributed by atoms with Crippen LogP contribution in [0.2, 0.25) is 0 Å². The molecule has 0 aliphatic carbocycles. The number of benzene rings is 2. The number of carbonyl (C=O) groups excluding carboxylic acids is 1. The van der Waals surface area contributed by atoms with Crippen LogP contribution in [0.15, 0.2) is 53.7 Å². The van der Waals surface area contributed by atoms with Crippen LogP contribution in [-0.4, -0.2) is 39.1 Å². The minimum Gasteiger partial charge on any atom is -0.376 e. The van der Waals surface area contributed by atoms with Gasteiger partial charge in [-0.3, -0.25) is 9.36 Å². The smallest absolute Gasteiger partial charge is 0.230 e. The van der Waals surface area contributed by atoms with Crippen LogP contribution >= 0.6 is 11.8 Å². The van der Waals surface area contributed by atoms with E-state index in [0.717, 1.165) is 25.0 Å². The van der Waals surface area contributed by atoms with E-state index in [2.05, 4.69) is 15.5 Å². The highest BCUT2D eigenvalue weighted by Crippen LogP contribution is 2.26. The van der Waals surface area contributed by atoms with Gasteiger partial charge in [0.1, 0.15) is 11.6 Å². The van der Waals surface area contributed by atoms with Crippen molar-refractivity contribution in [2.75, 3.05) is 12.4 Å². The normalized spacial score (nSPS) is 15.9. The molecule has 1 fully saturated rings. The second-order valence-corrected chi connectivity index (χ2v) is 8.16. The number of hydrogen-bond donors (Lipinski definition) is 1. The highest BCUT2D eigenvalue weighted by molar-refractivity contribution is 7.99. The van der Waals surface area contributed by atoms with E-state index in [1.54, 1.807) is 30.3 Å². The highest BCUT2D eigenvalue weighted by Gasteiger charge is 2.22. The third-order valence-corrected chi connectivity index (χ3v) is 5.96. The Bertz CT molecular complexity index is 1040. The van der Waals surface area contributed by atoms with Crippen molar-refractivity contribution >= 4 is 17.7 Å². The lowest BCUT2D eigenvalue weighted by molar-refractivity contribution is -0.118. The zero-order valence-corrected chi connectivity index (χ0v) is 17.6. The van der Waals surface area contributed by atoms with Crippen LogP contribution in [0.1, 0.15) is 18.4 Å². The van der Waals surface area contributed by atoms with E-state index in [-0.39, 0.29) is 35.9 Å². The van der Waals surface area contributed by atoms with Crippen molar-refractivity contribution in [2.45, 2.75) is 37.2 Å². The van der Waals surface area contributed by atoms with Gasteiger partial charge in [-0.1, -0.05) is 30.0 Å². The summed E-state index contributed by atoms with van der Waals surface area (Å²) in [6.45, 7) is 1.40. The predicted molar refractivity (Wildman–Crippen MR) is 113 cm³/mol. The molecule has 1 saturated heterocycles. The molecule has 2 heterocycles. The van der Waals surface area contributed by atoms with Crippen molar-refractivity contribution in [3.8, 4) is 11.4 Å². The number of hydrogen-bond acceptors (Lipinski definition) is 5. The molecule has 0 radical (unpaired) electrons. The van der Waals surface area contributed by atoms with Gasteiger partial charge in [-0.05, 0) is 43.2 Å². The first-order chi connectivity index (χ1) is 15.1. The average molecular weight is 445 g/mol. The molecule has 0 saturated carbocycles. The van der Waals surface area contributed by atoms with Crippen LogP contribution < -0.4 is 5.32 Å². The van der Waals surface area contributed by atoms with Crippen LogP contribution in [0.5, 0.6) is 0 Å². The summed E-state index contributed by atoms with van der Waals surface area (Å²) >= 11 is 1.25. The Kier molecular flexibility index (Phi) is 6.93. The third kappa shape index (κ3) is 5.48. The van der Waals surface area contributed by atoms with E-state index in [1.165, 1.54) is 30.0 Å². The molecule has 0 bridgehead atoms. The standard InChI is InChI=1S/C22H22F2N4O2S/c23-17-9-7-15(8-10-17)21-26-27-22(28(21)13-18-5-3-11-30-18)31-14-20(29)25-12-16-4-1-2-6-19(16)24/h1-2,4,6-10,18H,3,5,11-14H2,(H,25,29). The van der Waals surface area contributed by atoms with Gasteiger partial charge < -0.3 is 10.1 Å². The summed E-state index contributed by atoms with van der Waals surface area (Å²) in [5.74, 6) is -0.194. The first-order valence-electron chi connectivity index (χ1n) is 10.0. The molecule has 31 heavy (non-hydrogen) atoms. The molecule has 1 amide bonds. The summed E-state index contributed by atoms with van der Waals surface area (Å²) in [7, 11) is 0. The fraction of sp³-hybridized carbons (Fsp3) is 0.318. The number of thioether (sulfide) groups is 1. The second kappa shape index (κ2) is 10.0. The largest absolute Gasteiger partial charge is 0.376 e. The quantitative estimate of drug-likeness (QED) is 0.535. The summed E-state index contributed by atoms with van der Waals surface area (Å²) in [6.07, 6.45) is 1.98. The zero-order chi connectivity index (χ0) is 21.6. The maximum atomic E-state index is 13.7. The Morgan fingerprint density at radius 3 is 2.71 bits per heavy atom. The van der Waals surface area contributed by atoms with Crippen LogP contribution in [0, 0.1) is 11.6 Å². The highest BCUT2D eigenvalue weighted by atomic mass is 32.2. The van der Waals surface area contributed by atoms with Crippen molar-refractivity contribution in [3.63, 3.8) is 0 Å². The van der Waals surface area contributed by atoms with Crippen molar-refractivity contribution in [3.05, 3.63) is 65.7 Å². The van der Waals surface area contributed by atoms with Gasteiger partial charge in [0.05, 0.1) is 18.4 Å². The summed E-state index contributed by atoms with van der Waals surface area (Å²) in [6, 6.07) is 12.4. The number of rotatable bonds is 8. The van der Waals surface area contributed by atoms with E-state index in [1.807, 2.05) is 4.57 Å². The monoisotopic (exact) mass is 444 g/mol. The number of amides is 1. The minimum atomic E-state index is -0.351. The van der Waals surface area contributed by atoms with Crippen molar-refractivity contribution in [2.24, 2.45) is 0 Å². The Labute approximate surface area is 183 Å². The zero-order valence-electron chi connectivity index (χ0n) is 16.8. The molecular formula is C22H22F2N4O2S. The fourth-order valence-electron chi connectivity index (χ4n) is 3.38. The van der Waals surface area contributed by atoms with Gasteiger partial charge in [0.25, 0.3) is 0 Å². The Morgan fingerprint density at radius 2 is 1.97 bits per heavy atom. The topological polar surface area (TPSA) is 69.0 Å². The van der Waals surface area contributed by atoms with Crippen LogP contribution in [0.4, 0.5) is 8.78 Å². The Morgan fingerprint density at radius 1 is 1.16 bits per heavy atom. The van der Waals surface area contributed by atoms with Crippen molar-refractivity contribution < 1.29 is 18.3 Å². The first kappa shape index (κ1) is 21.5. The number of carbonyl (C=O) groups is 1. The van der Waals surface area contributed by atoms with E-state index >= 15 is 0 Å². The molecule has 6 nitrogen and oxygen atoms in total. The first-order valence-corrected chi connectivity index (χ1v) is 11.0. The molecule has 1 atom stereocenters. The van der Waals surface area contributed by atoms with Crippen LogP contribution in [-0.2, 0) is 22.6 Å². The lowest BCUT2D eigenvalue weighted by Crippen LogP contribution is -2.25. The SMILES string of the molecule is O=C(CSc1nnc(-c2ccc(F)cc2)n1CC1CCCO1)NCc1ccccc1F. The number of halogens is 2. The van der Waals surface area contributed by atoms with Crippen molar-refractivity contribution in [1.29, 1.82) is 0 Å².